The summed E-state index contributed by atoms with van der Waals surface area (Å²) in [6, 6.07) is 39.2. The van der Waals surface area contributed by atoms with Gasteiger partial charge in [-0.2, -0.15) is 0 Å². The van der Waals surface area contributed by atoms with Crippen molar-refractivity contribution in [3.63, 3.8) is 0 Å². The van der Waals surface area contributed by atoms with Crippen LogP contribution in [0.5, 0.6) is 0 Å². The topological polar surface area (TPSA) is 61.2 Å². The summed E-state index contributed by atoms with van der Waals surface area (Å²) < 4.78 is 10.5. The molecule has 5 aromatic carbocycles. The van der Waals surface area contributed by atoms with Crippen molar-refractivity contribution in [3.05, 3.63) is 115 Å². The number of aromatic nitrogens is 5. The Hall–Kier alpha value is -5.49. The van der Waals surface area contributed by atoms with Crippen molar-refractivity contribution in [2.24, 2.45) is 0 Å². The van der Waals surface area contributed by atoms with E-state index in [-0.39, 0.29) is 0 Å². The molecule has 0 fully saturated rings. The Morgan fingerprint density at radius 2 is 1.28 bits per heavy atom. The summed E-state index contributed by atoms with van der Waals surface area (Å²) in [6.07, 6.45) is 0. The molecule has 0 saturated carbocycles. The lowest BCUT2D eigenvalue weighted by atomic mass is 10.0. The number of benzene rings is 5. The van der Waals surface area contributed by atoms with E-state index >= 15 is 0 Å². The van der Waals surface area contributed by atoms with E-state index in [2.05, 4.69) is 65.1 Å². The van der Waals surface area contributed by atoms with Crippen molar-refractivity contribution in [1.82, 2.24) is 23.9 Å². The van der Waals surface area contributed by atoms with Crippen LogP contribution in [0.1, 0.15) is 0 Å². The van der Waals surface area contributed by atoms with Crippen LogP contribution in [0, 0.1) is 0 Å². The summed E-state index contributed by atoms with van der Waals surface area (Å²) >= 11 is 0. The highest BCUT2D eigenvalue weighted by atomic mass is 16.3. The average Bonchev–Trinajstić information content (AvgIpc) is 3.64. The van der Waals surface area contributed by atoms with Gasteiger partial charge in [-0.3, -0.25) is 0 Å². The molecule has 0 unspecified atom stereocenters. The van der Waals surface area contributed by atoms with E-state index in [0.29, 0.717) is 11.7 Å². The van der Waals surface area contributed by atoms with Crippen LogP contribution < -0.4 is 0 Å². The van der Waals surface area contributed by atoms with Gasteiger partial charge in [-0.1, -0.05) is 84.9 Å². The predicted molar refractivity (Wildman–Crippen MR) is 155 cm³/mol. The number of para-hydroxylation sites is 3. The molecule has 0 aliphatic heterocycles. The maximum atomic E-state index is 6.33. The molecular formula is C33H19N5O. The van der Waals surface area contributed by atoms with Crippen molar-refractivity contribution in [2.75, 3.05) is 0 Å². The molecular weight excluding hydrogens is 482 g/mol. The third-order valence-electron chi connectivity index (χ3n) is 7.56. The lowest BCUT2D eigenvalue weighted by Gasteiger charge is -2.12. The molecule has 0 aliphatic carbocycles. The zero-order valence-electron chi connectivity index (χ0n) is 20.6. The lowest BCUT2D eigenvalue weighted by Crippen LogP contribution is -2.04. The van der Waals surface area contributed by atoms with E-state index < -0.39 is 0 Å². The lowest BCUT2D eigenvalue weighted by molar-refractivity contribution is 0.651. The summed E-state index contributed by atoms with van der Waals surface area (Å²) in [5, 5.41) is 4.23. The molecule has 0 aliphatic rings. The fourth-order valence-corrected chi connectivity index (χ4v) is 5.80. The molecule has 0 bridgehead atoms. The first-order valence-corrected chi connectivity index (χ1v) is 12.9. The Balaban J connectivity index is 1.46. The molecule has 182 valence electrons. The first-order valence-electron chi connectivity index (χ1n) is 12.9. The summed E-state index contributed by atoms with van der Waals surface area (Å²) in [5.74, 6) is 1.29. The predicted octanol–water partition coefficient (Wildman–Crippen LogP) is 7.94. The standard InChI is InChI=1S/C33H19N5O/c1-2-11-21(12-3-1)28-24-19-18-20-10-4-5-13-22(20)29(24)35-32(34-28)38-26-16-8-7-15-25(26)37-31-30(36-33(37)38)23-14-6-9-17-27(23)39-31/h1-19H. The Labute approximate surface area is 221 Å². The van der Waals surface area contributed by atoms with Crippen molar-refractivity contribution < 1.29 is 4.42 Å². The van der Waals surface area contributed by atoms with Gasteiger partial charge in [0.05, 0.1) is 22.2 Å². The Kier molecular flexibility index (Phi) is 3.96. The molecule has 0 amide bonds. The molecule has 4 aromatic heterocycles. The monoisotopic (exact) mass is 501 g/mol. The van der Waals surface area contributed by atoms with Crippen LogP contribution in [0.2, 0.25) is 0 Å². The molecule has 0 spiro atoms. The Bertz CT molecular complexity index is 2400. The van der Waals surface area contributed by atoms with Crippen molar-refractivity contribution in [3.8, 4) is 17.2 Å². The first-order chi connectivity index (χ1) is 19.3. The minimum absolute atomic E-state index is 0.570. The molecule has 0 atom stereocenters. The van der Waals surface area contributed by atoms with E-state index in [1.165, 1.54) is 0 Å². The zero-order valence-corrected chi connectivity index (χ0v) is 20.6. The van der Waals surface area contributed by atoms with Gasteiger partial charge in [-0.05, 0) is 35.7 Å². The Morgan fingerprint density at radius 1 is 0.538 bits per heavy atom. The summed E-state index contributed by atoms with van der Waals surface area (Å²) in [4.78, 5) is 15.5. The molecule has 9 rings (SSSR count). The number of rotatable bonds is 2. The average molecular weight is 502 g/mol. The fourth-order valence-electron chi connectivity index (χ4n) is 5.80. The summed E-state index contributed by atoms with van der Waals surface area (Å²) in [6.45, 7) is 0. The molecule has 6 heteroatoms. The van der Waals surface area contributed by atoms with Crippen LogP contribution in [0.15, 0.2) is 120 Å². The van der Waals surface area contributed by atoms with Crippen LogP contribution in [0.25, 0.3) is 77.9 Å². The molecule has 9 aromatic rings. The Morgan fingerprint density at radius 3 is 2.18 bits per heavy atom. The highest BCUT2D eigenvalue weighted by Crippen LogP contribution is 2.36. The minimum Gasteiger partial charge on any atom is -0.437 e. The van der Waals surface area contributed by atoms with Gasteiger partial charge < -0.3 is 4.42 Å². The quantitative estimate of drug-likeness (QED) is 0.226. The van der Waals surface area contributed by atoms with Crippen LogP contribution in [0.4, 0.5) is 0 Å². The SMILES string of the molecule is c1ccc(-c2nc(-n3c4ccccc4n4c5oc6ccccc6c5nc34)nc3c2ccc2ccccc23)cc1. The molecule has 6 nitrogen and oxygen atoms in total. The third-order valence-corrected chi connectivity index (χ3v) is 7.56. The van der Waals surface area contributed by atoms with Crippen molar-refractivity contribution in [2.45, 2.75) is 0 Å². The molecule has 39 heavy (non-hydrogen) atoms. The number of hydrogen-bond acceptors (Lipinski definition) is 4. The van der Waals surface area contributed by atoms with E-state index in [1.807, 2.05) is 59.2 Å². The van der Waals surface area contributed by atoms with Gasteiger partial charge in [0.25, 0.3) is 0 Å². The van der Waals surface area contributed by atoms with Gasteiger partial charge in [0.2, 0.25) is 17.4 Å². The largest absolute Gasteiger partial charge is 0.437 e. The van der Waals surface area contributed by atoms with Gasteiger partial charge in [0.1, 0.15) is 11.1 Å². The number of hydrogen-bond donors (Lipinski definition) is 0. The number of nitrogens with zero attached hydrogens (tertiary/aromatic N) is 5. The smallest absolute Gasteiger partial charge is 0.238 e. The number of furan rings is 1. The fraction of sp³-hybridized carbons (Fsp3) is 0. The maximum Gasteiger partial charge on any atom is 0.238 e. The van der Waals surface area contributed by atoms with Gasteiger partial charge in [-0.15, -0.1) is 0 Å². The second-order valence-electron chi connectivity index (χ2n) is 9.74. The number of fused-ring (bicyclic) bond motifs is 10. The highest BCUT2D eigenvalue weighted by molar-refractivity contribution is 6.10. The zero-order chi connectivity index (χ0) is 25.5. The second-order valence-corrected chi connectivity index (χ2v) is 9.74. The molecule has 0 saturated heterocycles. The number of imidazole rings is 2. The minimum atomic E-state index is 0.570. The van der Waals surface area contributed by atoms with Crippen LogP contribution in [-0.4, -0.2) is 23.9 Å². The van der Waals surface area contributed by atoms with Crippen LogP contribution in [0.3, 0.4) is 0 Å². The maximum absolute atomic E-state index is 6.33. The van der Waals surface area contributed by atoms with E-state index in [9.17, 15) is 0 Å². The first kappa shape index (κ1) is 20.6. The highest BCUT2D eigenvalue weighted by Gasteiger charge is 2.23. The third kappa shape index (κ3) is 2.77. The van der Waals surface area contributed by atoms with E-state index in [1.54, 1.807) is 0 Å². The van der Waals surface area contributed by atoms with Gasteiger partial charge in [0, 0.05) is 21.7 Å². The van der Waals surface area contributed by atoms with Crippen LogP contribution in [-0.2, 0) is 0 Å². The van der Waals surface area contributed by atoms with E-state index in [0.717, 1.165) is 66.2 Å². The van der Waals surface area contributed by atoms with Crippen molar-refractivity contribution >= 4 is 60.7 Å². The molecule has 0 radical (unpaired) electrons. The van der Waals surface area contributed by atoms with Gasteiger partial charge in [0.15, 0.2) is 0 Å². The van der Waals surface area contributed by atoms with Gasteiger partial charge >= 0.3 is 0 Å². The second kappa shape index (κ2) is 7.52. The molecule has 4 heterocycles. The normalized spacial score (nSPS) is 12.1. The van der Waals surface area contributed by atoms with Gasteiger partial charge in [-0.25, -0.2) is 23.9 Å². The molecule has 0 N–H and O–H groups in total. The summed E-state index contributed by atoms with van der Waals surface area (Å²) in [7, 11) is 0. The van der Waals surface area contributed by atoms with Crippen LogP contribution >= 0.6 is 0 Å². The van der Waals surface area contributed by atoms with Crippen molar-refractivity contribution in [1.29, 1.82) is 0 Å². The van der Waals surface area contributed by atoms with E-state index in [4.69, 9.17) is 19.4 Å². The summed E-state index contributed by atoms with van der Waals surface area (Å²) in [5.41, 5.74) is 7.15.